The average molecular weight is 296 g/mol. The Bertz CT molecular complexity index is 466. The SMILES string of the molecule is CCN(Cc1ccc(OC)c(F)c1)C(=O)C(C)CCCN. The van der Waals surface area contributed by atoms with Crippen LogP contribution in [-0.2, 0) is 11.3 Å². The van der Waals surface area contributed by atoms with Crippen LogP contribution in [0.1, 0.15) is 32.3 Å². The maximum Gasteiger partial charge on any atom is 0.225 e. The molecule has 0 fully saturated rings. The Labute approximate surface area is 126 Å². The van der Waals surface area contributed by atoms with Crippen LogP contribution in [0.3, 0.4) is 0 Å². The Morgan fingerprint density at radius 2 is 2.19 bits per heavy atom. The van der Waals surface area contributed by atoms with Crippen molar-refractivity contribution in [3.05, 3.63) is 29.6 Å². The van der Waals surface area contributed by atoms with Gasteiger partial charge in [0, 0.05) is 19.0 Å². The molecule has 1 aromatic rings. The second-order valence-electron chi connectivity index (χ2n) is 5.15. The standard InChI is InChI=1S/C16H25FN2O2/c1-4-19(16(20)12(2)6-5-9-18)11-13-7-8-15(21-3)14(17)10-13/h7-8,10,12H,4-6,9,11,18H2,1-3H3. The number of amides is 1. The van der Waals surface area contributed by atoms with E-state index in [1.807, 2.05) is 13.8 Å². The van der Waals surface area contributed by atoms with Gasteiger partial charge in [-0.15, -0.1) is 0 Å². The number of halogens is 1. The lowest BCUT2D eigenvalue weighted by molar-refractivity contribution is -0.135. The van der Waals surface area contributed by atoms with Crippen LogP contribution in [0.4, 0.5) is 4.39 Å². The number of methoxy groups -OCH3 is 1. The molecule has 21 heavy (non-hydrogen) atoms. The summed E-state index contributed by atoms with van der Waals surface area (Å²) in [6.45, 7) is 5.43. The van der Waals surface area contributed by atoms with Crippen LogP contribution in [0.15, 0.2) is 18.2 Å². The number of ether oxygens (including phenoxy) is 1. The highest BCUT2D eigenvalue weighted by Gasteiger charge is 2.19. The lowest BCUT2D eigenvalue weighted by Crippen LogP contribution is -2.34. The Hall–Kier alpha value is -1.62. The van der Waals surface area contributed by atoms with Crippen LogP contribution in [0, 0.1) is 11.7 Å². The summed E-state index contributed by atoms with van der Waals surface area (Å²) >= 11 is 0. The number of rotatable bonds is 8. The van der Waals surface area contributed by atoms with E-state index in [4.69, 9.17) is 10.5 Å². The molecule has 118 valence electrons. The Morgan fingerprint density at radius 1 is 1.48 bits per heavy atom. The summed E-state index contributed by atoms with van der Waals surface area (Å²) in [5.74, 6) is -0.169. The summed E-state index contributed by atoms with van der Waals surface area (Å²) in [6.07, 6.45) is 1.62. The molecule has 0 aliphatic heterocycles. The largest absolute Gasteiger partial charge is 0.494 e. The first-order chi connectivity index (χ1) is 10.0. The van der Waals surface area contributed by atoms with Gasteiger partial charge in [-0.05, 0) is 44.0 Å². The van der Waals surface area contributed by atoms with Gasteiger partial charge in [-0.3, -0.25) is 4.79 Å². The van der Waals surface area contributed by atoms with E-state index in [0.717, 1.165) is 18.4 Å². The predicted octanol–water partition coefficient (Wildman–Crippen LogP) is 2.56. The summed E-state index contributed by atoms with van der Waals surface area (Å²) in [4.78, 5) is 14.1. The highest BCUT2D eigenvalue weighted by molar-refractivity contribution is 5.78. The van der Waals surface area contributed by atoms with E-state index in [9.17, 15) is 9.18 Å². The van der Waals surface area contributed by atoms with Gasteiger partial charge < -0.3 is 15.4 Å². The van der Waals surface area contributed by atoms with Gasteiger partial charge in [0.1, 0.15) is 0 Å². The molecule has 0 aliphatic rings. The van der Waals surface area contributed by atoms with E-state index < -0.39 is 5.82 Å². The highest BCUT2D eigenvalue weighted by Crippen LogP contribution is 2.19. The smallest absolute Gasteiger partial charge is 0.225 e. The highest BCUT2D eigenvalue weighted by atomic mass is 19.1. The van der Waals surface area contributed by atoms with Gasteiger partial charge in [0.25, 0.3) is 0 Å². The Balaban J connectivity index is 2.73. The Kier molecular flexibility index (Phi) is 7.15. The molecule has 1 aromatic carbocycles. The van der Waals surface area contributed by atoms with Gasteiger partial charge >= 0.3 is 0 Å². The van der Waals surface area contributed by atoms with Crippen molar-refractivity contribution < 1.29 is 13.9 Å². The van der Waals surface area contributed by atoms with Crippen molar-refractivity contribution in [2.75, 3.05) is 20.2 Å². The predicted molar refractivity (Wildman–Crippen MR) is 81.5 cm³/mol. The molecule has 0 saturated carbocycles. The maximum absolute atomic E-state index is 13.7. The molecule has 1 unspecified atom stereocenters. The van der Waals surface area contributed by atoms with Gasteiger partial charge in [-0.1, -0.05) is 13.0 Å². The first kappa shape index (κ1) is 17.4. The van der Waals surface area contributed by atoms with Crippen LogP contribution < -0.4 is 10.5 Å². The van der Waals surface area contributed by atoms with E-state index in [1.54, 1.807) is 17.0 Å². The molecule has 1 rings (SSSR count). The van der Waals surface area contributed by atoms with Crippen molar-refractivity contribution in [1.29, 1.82) is 0 Å². The van der Waals surface area contributed by atoms with Crippen LogP contribution >= 0.6 is 0 Å². The zero-order valence-corrected chi connectivity index (χ0v) is 13.1. The van der Waals surface area contributed by atoms with Crippen LogP contribution in [0.25, 0.3) is 0 Å². The molecule has 0 spiro atoms. The fraction of sp³-hybridized carbons (Fsp3) is 0.562. The van der Waals surface area contributed by atoms with Crippen molar-refractivity contribution in [2.45, 2.75) is 33.2 Å². The molecule has 0 radical (unpaired) electrons. The molecule has 5 heteroatoms. The van der Waals surface area contributed by atoms with E-state index in [-0.39, 0.29) is 17.6 Å². The summed E-state index contributed by atoms with van der Waals surface area (Å²) < 4.78 is 18.6. The maximum atomic E-state index is 13.7. The quantitative estimate of drug-likeness (QED) is 0.802. The number of hydrogen-bond acceptors (Lipinski definition) is 3. The van der Waals surface area contributed by atoms with Gasteiger partial charge in [-0.25, -0.2) is 4.39 Å². The minimum Gasteiger partial charge on any atom is -0.494 e. The summed E-state index contributed by atoms with van der Waals surface area (Å²) in [6, 6.07) is 4.78. The second-order valence-corrected chi connectivity index (χ2v) is 5.15. The fourth-order valence-corrected chi connectivity index (χ4v) is 2.23. The number of carbonyl (C=O) groups is 1. The number of hydrogen-bond donors (Lipinski definition) is 1. The molecule has 0 saturated heterocycles. The topological polar surface area (TPSA) is 55.6 Å². The van der Waals surface area contributed by atoms with E-state index in [2.05, 4.69) is 0 Å². The Morgan fingerprint density at radius 3 is 2.71 bits per heavy atom. The van der Waals surface area contributed by atoms with Gasteiger partial charge in [0.15, 0.2) is 11.6 Å². The van der Waals surface area contributed by atoms with Crippen molar-refractivity contribution in [2.24, 2.45) is 11.7 Å². The molecule has 0 heterocycles. The zero-order valence-electron chi connectivity index (χ0n) is 13.1. The monoisotopic (exact) mass is 296 g/mol. The van der Waals surface area contributed by atoms with Crippen molar-refractivity contribution in [1.82, 2.24) is 4.90 Å². The third-order valence-corrected chi connectivity index (χ3v) is 3.55. The molecule has 1 atom stereocenters. The fourth-order valence-electron chi connectivity index (χ4n) is 2.23. The first-order valence-electron chi connectivity index (χ1n) is 7.34. The third kappa shape index (κ3) is 5.01. The molecular weight excluding hydrogens is 271 g/mol. The molecule has 0 bridgehead atoms. The van der Waals surface area contributed by atoms with Crippen molar-refractivity contribution >= 4 is 5.91 Å². The lowest BCUT2D eigenvalue weighted by Gasteiger charge is -2.24. The number of carbonyl (C=O) groups excluding carboxylic acids is 1. The van der Waals surface area contributed by atoms with E-state index >= 15 is 0 Å². The van der Waals surface area contributed by atoms with E-state index in [1.165, 1.54) is 13.2 Å². The van der Waals surface area contributed by atoms with Gasteiger partial charge in [-0.2, -0.15) is 0 Å². The third-order valence-electron chi connectivity index (χ3n) is 3.55. The lowest BCUT2D eigenvalue weighted by atomic mass is 10.0. The second kappa shape index (κ2) is 8.62. The normalized spacial score (nSPS) is 12.0. The van der Waals surface area contributed by atoms with E-state index in [0.29, 0.717) is 19.6 Å². The number of nitrogens with zero attached hydrogens (tertiary/aromatic N) is 1. The molecular formula is C16H25FN2O2. The average Bonchev–Trinajstić information content (AvgIpc) is 2.49. The van der Waals surface area contributed by atoms with Gasteiger partial charge in [0.2, 0.25) is 5.91 Å². The first-order valence-corrected chi connectivity index (χ1v) is 7.34. The number of benzene rings is 1. The molecule has 2 N–H and O–H groups in total. The summed E-state index contributed by atoms with van der Waals surface area (Å²) in [5, 5.41) is 0. The summed E-state index contributed by atoms with van der Waals surface area (Å²) in [5.41, 5.74) is 6.23. The minimum absolute atomic E-state index is 0.0587. The van der Waals surface area contributed by atoms with Crippen LogP contribution in [0.2, 0.25) is 0 Å². The molecule has 0 aliphatic carbocycles. The molecule has 1 amide bonds. The van der Waals surface area contributed by atoms with Crippen molar-refractivity contribution in [3.8, 4) is 5.75 Å². The minimum atomic E-state index is -0.408. The number of nitrogens with two attached hydrogens (primary N) is 1. The molecule has 0 aromatic heterocycles. The zero-order chi connectivity index (χ0) is 15.8. The van der Waals surface area contributed by atoms with Crippen LogP contribution in [-0.4, -0.2) is 31.0 Å². The summed E-state index contributed by atoms with van der Waals surface area (Å²) in [7, 11) is 1.43. The van der Waals surface area contributed by atoms with Crippen molar-refractivity contribution in [3.63, 3.8) is 0 Å². The molecule has 4 nitrogen and oxygen atoms in total. The van der Waals surface area contributed by atoms with Crippen LogP contribution in [0.5, 0.6) is 5.75 Å². The van der Waals surface area contributed by atoms with Gasteiger partial charge in [0.05, 0.1) is 7.11 Å².